The maximum atomic E-state index is 3.96. The topological polar surface area (TPSA) is 0 Å². The highest BCUT2D eigenvalue weighted by Crippen LogP contribution is 2.39. The van der Waals surface area contributed by atoms with E-state index in [1.165, 1.54) is 31.7 Å². The van der Waals surface area contributed by atoms with Crippen molar-refractivity contribution in [2.45, 2.75) is 0 Å². The molecule has 92 valence electrons. The second-order valence-electron chi connectivity index (χ2n) is 4.33. The highest BCUT2D eigenvalue weighted by atomic mass is 32.1. The van der Waals surface area contributed by atoms with Crippen molar-refractivity contribution >= 4 is 33.6 Å². The molecule has 0 unspecified atom stereocenters. The molecule has 0 N–H and O–H groups in total. The van der Waals surface area contributed by atoms with Crippen LogP contribution in [0.1, 0.15) is 10.4 Å². The Bertz CT molecular complexity index is 748. The van der Waals surface area contributed by atoms with Gasteiger partial charge in [-0.3, -0.25) is 0 Å². The van der Waals surface area contributed by atoms with E-state index in [0.29, 0.717) is 0 Å². The number of fused-ring (bicyclic) bond motifs is 1. The van der Waals surface area contributed by atoms with E-state index in [1.807, 2.05) is 18.2 Å². The molecule has 0 saturated carbocycles. The van der Waals surface area contributed by atoms with Crippen LogP contribution in [0.2, 0.25) is 0 Å². The zero-order valence-corrected chi connectivity index (χ0v) is 11.4. The summed E-state index contributed by atoms with van der Waals surface area (Å²) in [5, 5.41) is 1.28. The molecule has 0 nitrogen and oxygen atoms in total. The molecule has 19 heavy (non-hydrogen) atoms. The Labute approximate surface area is 117 Å². The van der Waals surface area contributed by atoms with Crippen LogP contribution in [0, 0.1) is 0 Å². The fourth-order valence-corrected chi connectivity index (χ4v) is 3.49. The van der Waals surface area contributed by atoms with Crippen LogP contribution in [0.25, 0.3) is 33.4 Å². The van der Waals surface area contributed by atoms with Gasteiger partial charge in [-0.2, -0.15) is 0 Å². The van der Waals surface area contributed by atoms with Crippen LogP contribution in [-0.2, 0) is 0 Å². The van der Waals surface area contributed by atoms with Crippen molar-refractivity contribution in [3.8, 4) is 11.1 Å². The van der Waals surface area contributed by atoms with Crippen molar-refractivity contribution in [3.63, 3.8) is 0 Å². The summed E-state index contributed by atoms with van der Waals surface area (Å²) in [5.41, 5.74) is 3.69. The summed E-state index contributed by atoms with van der Waals surface area (Å²) in [4.78, 5) is 1.19. The lowest BCUT2D eigenvalue weighted by Crippen LogP contribution is -1.80. The van der Waals surface area contributed by atoms with Gasteiger partial charge in [-0.15, -0.1) is 11.3 Å². The van der Waals surface area contributed by atoms with Crippen LogP contribution in [0.5, 0.6) is 0 Å². The molecular formula is C18H14S. The van der Waals surface area contributed by atoms with Gasteiger partial charge in [0.15, 0.2) is 0 Å². The zero-order chi connectivity index (χ0) is 13.2. The van der Waals surface area contributed by atoms with Crippen molar-refractivity contribution in [1.29, 1.82) is 0 Å². The molecule has 0 aliphatic carbocycles. The van der Waals surface area contributed by atoms with Crippen LogP contribution in [-0.4, -0.2) is 0 Å². The van der Waals surface area contributed by atoms with Gasteiger partial charge in [-0.1, -0.05) is 67.8 Å². The van der Waals surface area contributed by atoms with Crippen molar-refractivity contribution < 1.29 is 0 Å². The van der Waals surface area contributed by atoms with Gasteiger partial charge in [0.1, 0.15) is 0 Å². The molecule has 0 spiro atoms. The predicted octanol–water partition coefficient (Wildman–Crippen LogP) is 5.85. The Hall–Kier alpha value is -2.12. The number of rotatable bonds is 3. The van der Waals surface area contributed by atoms with E-state index in [2.05, 4.69) is 55.6 Å². The van der Waals surface area contributed by atoms with Crippen LogP contribution >= 0.6 is 11.3 Å². The van der Waals surface area contributed by atoms with E-state index in [9.17, 15) is 0 Å². The smallest absolute Gasteiger partial charge is 0.0361 e. The molecule has 0 aliphatic heterocycles. The maximum absolute atomic E-state index is 3.96. The van der Waals surface area contributed by atoms with Crippen molar-refractivity contribution in [2.24, 2.45) is 0 Å². The van der Waals surface area contributed by atoms with Gasteiger partial charge in [0.25, 0.3) is 0 Å². The largest absolute Gasteiger partial charge is 0.135 e. The first-order valence-corrected chi connectivity index (χ1v) is 7.02. The van der Waals surface area contributed by atoms with Gasteiger partial charge in [-0.25, -0.2) is 0 Å². The SMILES string of the molecule is C=Cc1sc2cccc(-c3ccccc3)c2c1C=C. The minimum absolute atomic E-state index is 1.19. The number of hydrogen-bond acceptors (Lipinski definition) is 1. The predicted molar refractivity (Wildman–Crippen MR) is 87.4 cm³/mol. The summed E-state index contributed by atoms with van der Waals surface area (Å²) < 4.78 is 1.28. The summed E-state index contributed by atoms with van der Waals surface area (Å²) in [5.74, 6) is 0. The van der Waals surface area contributed by atoms with Crippen molar-refractivity contribution in [2.75, 3.05) is 0 Å². The number of benzene rings is 2. The number of hydrogen-bond donors (Lipinski definition) is 0. The van der Waals surface area contributed by atoms with Gasteiger partial charge in [0.05, 0.1) is 0 Å². The van der Waals surface area contributed by atoms with E-state index in [0.717, 1.165) is 0 Å². The molecule has 0 fully saturated rings. The molecule has 1 heteroatoms. The summed E-state index contributed by atoms with van der Waals surface area (Å²) in [6.45, 7) is 7.86. The van der Waals surface area contributed by atoms with Crippen molar-refractivity contribution in [3.05, 3.63) is 72.1 Å². The van der Waals surface area contributed by atoms with Gasteiger partial charge < -0.3 is 0 Å². The maximum Gasteiger partial charge on any atom is 0.0361 e. The molecule has 1 aromatic heterocycles. The molecule has 0 amide bonds. The van der Waals surface area contributed by atoms with Crippen LogP contribution in [0.4, 0.5) is 0 Å². The fraction of sp³-hybridized carbons (Fsp3) is 0. The van der Waals surface area contributed by atoms with Crippen LogP contribution in [0.15, 0.2) is 61.7 Å². The Morgan fingerprint density at radius 2 is 1.63 bits per heavy atom. The average Bonchev–Trinajstić information content (AvgIpc) is 2.85. The quantitative estimate of drug-likeness (QED) is 0.555. The molecular weight excluding hydrogens is 248 g/mol. The van der Waals surface area contributed by atoms with Gasteiger partial charge in [0.2, 0.25) is 0 Å². The third-order valence-corrected chi connectivity index (χ3v) is 4.42. The fourth-order valence-electron chi connectivity index (χ4n) is 2.40. The first-order valence-electron chi connectivity index (χ1n) is 6.21. The third-order valence-electron chi connectivity index (χ3n) is 3.26. The molecule has 2 aromatic carbocycles. The monoisotopic (exact) mass is 262 g/mol. The molecule has 3 aromatic rings. The molecule has 0 saturated heterocycles. The molecule has 0 bridgehead atoms. The second-order valence-corrected chi connectivity index (χ2v) is 5.42. The normalized spacial score (nSPS) is 10.5. The molecule has 0 atom stereocenters. The van der Waals surface area contributed by atoms with E-state index < -0.39 is 0 Å². The molecule has 0 aliphatic rings. The van der Waals surface area contributed by atoms with E-state index in [-0.39, 0.29) is 0 Å². The van der Waals surface area contributed by atoms with Crippen LogP contribution < -0.4 is 0 Å². The Morgan fingerprint density at radius 3 is 2.32 bits per heavy atom. The average molecular weight is 262 g/mol. The van der Waals surface area contributed by atoms with Gasteiger partial charge in [-0.05, 0) is 17.2 Å². The minimum atomic E-state index is 1.19. The standard InChI is InChI=1S/C18H14S/c1-3-14-16(4-2)19-17-12-8-11-15(18(14)17)13-9-6-5-7-10-13/h3-12H,1-2H2. The summed E-state index contributed by atoms with van der Waals surface area (Å²) in [6, 6.07) is 16.9. The lowest BCUT2D eigenvalue weighted by atomic mass is 9.98. The Balaban J connectivity index is 2.40. The van der Waals surface area contributed by atoms with E-state index in [1.54, 1.807) is 11.3 Å². The minimum Gasteiger partial charge on any atom is -0.135 e. The first-order chi connectivity index (χ1) is 9.35. The van der Waals surface area contributed by atoms with Crippen LogP contribution in [0.3, 0.4) is 0 Å². The number of thiophene rings is 1. The second kappa shape index (κ2) is 4.87. The zero-order valence-electron chi connectivity index (χ0n) is 10.6. The summed E-state index contributed by atoms with van der Waals surface area (Å²) >= 11 is 1.77. The highest BCUT2D eigenvalue weighted by Gasteiger charge is 2.12. The Morgan fingerprint density at radius 1 is 0.842 bits per heavy atom. The first kappa shape index (κ1) is 11.9. The van der Waals surface area contributed by atoms with Crippen molar-refractivity contribution in [1.82, 2.24) is 0 Å². The Kier molecular flexibility index (Phi) is 3.06. The highest BCUT2D eigenvalue weighted by molar-refractivity contribution is 7.20. The molecule has 0 radical (unpaired) electrons. The summed E-state index contributed by atoms with van der Waals surface area (Å²) in [6.07, 6.45) is 3.85. The van der Waals surface area contributed by atoms with Gasteiger partial charge in [0, 0.05) is 20.5 Å². The molecule has 1 heterocycles. The summed E-state index contributed by atoms with van der Waals surface area (Å²) in [7, 11) is 0. The molecule has 3 rings (SSSR count). The van der Waals surface area contributed by atoms with E-state index in [4.69, 9.17) is 0 Å². The third kappa shape index (κ3) is 1.92. The van der Waals surface area contributed by atoms with Gasteiger partial charge >= 0.3 is 0 Å². The lowest BCUT2D eigenvalue weighted by molar-refractivity contribution is 1.66. The lowest BCUT2D eigenvalue weighted by Gasteiger charge is -2.05. The van der Waals surface area contributed by atoms with E-state index >= 15 is 0 Å².